The molecule has 2 heterocycles. The minimum Gasteiger partial charge on any atom is -0.489 e. The first kappa shape index (κ1) is 18.4. The van der Waals surface area contributed by atoms with Gasteiger partial charge in [0.15, 0.2) is 0 Å². The lowest BCUT2D eigenvalue weighted by Gasteiger charge is -2.11. The number of carbonyl (C=O) groups is 1. The van der Waals surface area contributed by atoms with Crippen molar-refractivity contribution < 1.29 is 9.53 Å². The van der Waals surface area contributed by atoms with E-state index < -0.39 is 0 Å². The summed E-state index contributed by atoms with van der Waals surface area (Å²) in [6.07, 6.45) is 1.07. The monoisotopic (exact) mass is 375 g/mol. The maximum absolute atomic E-state index is 12.4. The molecule has 1 atom stereocenters. The van der Waals surface area contributed by atoms with Crippen LogP contribution in [0.1, 0.15) is 28.5 Å². The Morgan fingerprint density at radius 1 is 1.18 bits per heavy atom. The number of rotatable bonds is 5. The molecular weight excluding hydrogens is 350 g/mol. The van der Waals surface area contributed by atoms with Gasteiger partial charge in [-0.3, -0.25) is 9.78 Å². The van der Waals surface area contributed by atoms with Crippen LogP contribution in [0.5, 0.6) is 5.75 Å². The van der Waals surface area contributed by atoms with Gasteiger partial charge in [-0.2, -0.15) is 0 Å². The summed E-state index contributed by atoms with van der Waals surface area (Å²) in [5, 5.41) is 6.98. The van der Waals surface area contributed by atoms with Crippen molar-refractivity contribution in [3.63, 3.8) is 0 Å². The van der Waals surface area contributed by atoms with Crippen LogP contribution in [0, 0.1) is 6.92 Å². The Morgan fingerprint density at radius 3 is 2.82 bits per heavy atom. The van der Waals surface area contributed by atoms with Crippen LogP contribution in [0.2, 0.25) is 0 Å². The third-order valence-electron chi connectivity index (χ3n) is 5.17. The van der Waals surface area contributed by atoms with Gasteiger partial charge in [0.2, 0.25) is 0 Å². The number of benzene rings is 2. The molecule has 0 saturated heterocycles. The first-order valence-electron chi connectivity index (χ1n) is 9.70. The van der Waals surface area contributed by atoms with E-state index in [1.165, 1.54) is 5.56 Å². The van der Waals surface area contributed by atoms with E-state index in [9.17, 15) is 4.79 Å². The third-order valence-corrected chi connectivity index (χ3v) is 5.17. The highest BCUT2D eigenvalue weighted by Gasteiger charge is 2.24. The molecule has 0 fully saturated rings. The van der Waals surface area contributed by atoms with E-state index in [0.29, 0.717) is 12.1 Å². The molecule has 0 spiro atoms. The third kappa shape index (κ3) is 3.45. The molecule has 1 amide bonds. The van der Waals surface area contributed by atoms with Crippen molar-refractivity contribution in [3.05, 3.63) is 59.3 Å². The number of aryl methyl sites for hydroxylation is 1. The van der Waals surface area contributed by atoms with Gasteiger partial charge < -0.3 is 15.4 Å². The molecule has 28 heavy (non-hydrogen) atoms. The number of fused-ring (bicyclic) bond motifs is 3. The van der Waals surface area contributed by atoms with Crippen molar-refractivity contribution in [3.8, 4) is 16.9 Å². The molecule has 0 saturated carbocycles. The van der Waals surface area contributed by atoms with Crippen molar-refractivity contribution in [2.24, 2.45) is 0 Å². The summed E-state index contributed by atoms with van der Waals surface area (Å²) in [6, 6.07) is 13.9. The molecule has 0 radical (unpaired) electrons. The molecule has 1 unspecified atom stereocenters. The highest BCUT2D eigenvalue weighted by Crippen LogP contribution is 2.38. The van der Waals surface area contributed by atoms with Crippen molar-refractivity contribution in [2.75, 3.05) is 20.1 Å². The van der Waals surface area contributed by atoms with E-state index in [1.807, 2.05) is 44.3 Å². The topological polar surface area (TPSA) is 63.2 Å². The SMILES string of the molecule is CNCCNC(=O)c1cccc(-c2ccc3nc(C)c4c(c3c2)OC(C)C4)c1. The molecule has 1 aromatic heterocycles. The molecule has 1 aliphatic heterocycles. The summed E-state index contributed by atoms with van der Waals surface area (Å²) in [5.41, 5.74) is 5.90. The second-order valence-electron chi connectivity index (χ2n) is 7.31. The number of nitrogens with zero attached hydrogens (tertiary/aromatic N) is 1. The van der Waals surface area contributed by atoms with Crippen LogP contribution in [0.3, 0.4) is 0 Å². The summed E-state index contributed by atoms with van der Waals surface area (Å²) in [6.45, 7) is 5.48. The minimum atomic E-state index is -0.0618. The zero-order valence-corrected chi connectivity index (χ0v) is 16.5. The molecule has 144 valence electrons. The Balaban J connectivity index is 1.70. The van der Waals surface area contributed by atoms with Crippen LogP contribution >= 0.6 is 0 Å². The van der Waals surface area contributed by atoms with Gasteiger partial charge in [0, 0.05) is 41.7 Å². The highest BCUT2D eigenvalue weighted by atomic mass is 16.5. The van der Waals surface area contributed by atoms with Crippen molar-refractivity contribution >= 4 is 16.8 Å². The van der Waals surface area contributed by atoms with Crippen LogP contribution < -0.4 is 15.4 Å². The zero-order chi connectivity index (χ0) is 19.7. The standard InChI is InChI=1S/C23H25N3O2/c1-14-11-19-15(2)26-21-8-7-17(13-20(21)22(19)28-14)16-5-4-6-18(12-16)23(27)25-10-9-24-3/h4-8,12-14,24H,9-11H2,1-3H3,(H,25,27). The van der Waals surface area contributed by atoms with E-state index in [4.69, 9.17) is 9.72 Å². The Labute approximate surface area is 165 Å². The Bertz CT molecular complexity index is 1050. The van der Waals surface area contributed by atoms with Gasteiger partial charge in [-0.1, -0.05) is 18.2 Å². The number of amides is 1. The predicted molar refractivity (Wildman–Crippen MR) is 112 cm³/mol. The van der Waals surface area contributed by atoms with E-state index in [0.717, 1.165) is 46.4 Å². The average Bonchev–Trinajstić information content (AvgIpc) is 3.10. The minimum absolute atomic E-state index is 0.0618. The molecule has 2 aromatic carbocycles. The highest BCUT2D eigenvalue weighted by molar-refractivity contribution is 5.96. The van der Waals surface area contributed by atoms with Crippen LogP contribution in [0.4, 0.5) is 0 Å². The Hall–Kier alpha value is -2.92. The molecule has 0 aliphatic carbocycles. The number of hydrogen-bond donors (Lipinski definition) is 2. The molecule has 3 aromatic rings. The van der Waals surface area contributed by atoms with Crippen molar-refractivity contribution in [1.82, 2.24) is 15.6 Å². The normalized spacial score (nSPS) is 15.3. The number of nitrogens with one attached hydrogen (secondary N) is 2. The zero-order valence-electron chi connectivity index (χ0n) is 16.5. The molecule has 5 nitrogen and oxygen atoms in total. The lowest BCUT2D eigenvalue weighted by molar-refractivity contribution is 0.0954. The predicted octanol–water partition coefficient (Wildman–Crippen LogP) is 3.48. The second kappa shape index (κ2) is 7.60. The average molecular weight is 375 g/mol. The Morgan fingerprint density at radius 2 is 2.00 bits per heavy atom. The number of likely N-dealkylation sites (N-methyl/N-ethyl adjacent to an activating group) is 1. The van der Waals surface area contributed by atoms with Gasteiger partial charge >= 0.3 is 0 Å². The van der Waals surface area contributed by atoms with E-state index in [2.05, 4.69) is 29.7 Å². The molecule has 4 rings (SSSR count). The molecular formula is C23H25N3O2. The number of aromatic nitrogens is 1. The molecule has 1 aliphatic rings. The van der Waals surface area contributed by atoms with Crippen molar-refractivity contribution in [1.29, 1.82) is 0 Å². The molecule has 0 bridgehead atoms. The Kier molecular flexibility index (Phi) is 5.01. The lowest BCUT2D eigenvalue weighted by atomic mass is 9.99. The first-order valence-corrected chi connectivity index (χ1v) is 9.70. The van der Waals surface area contributed by atoms with Crippen LogP contribution in [0.15, 0.2) is 42.5 Å². The second-order valence-corrected chi connectivity index (χ2v) is 7.31. The number of ether oxygens (including phenoxy) is 1. The smallest absolute Gasteiger partial charge is 0.251 e. The van der Waals surface area contributed by atoms with Gasteiger partial charge in [0.05, 0.1) is 5.52 Å². The van der Waals surface area contributed by atoms with Crippen LogP contribution in [-0.4, -0.2) is 37.1 Å². The van der Waals surface area contributed by atoms with Gasteiger partial charge in [-0.15, -0.1) is 0 Å². The fourth-order valence-corrected chi connectivity index (χ4v) is 3.72. The van der Waals surface area contributed by atoms with Gasteiger partial charge in [-0.25, -0.2) is 0 Å². The van der Waals surface area contributed by atoms with Crippen LogP contribution in [0.25, 0.3) is 22.0 Å². The van der Waals surface area contributed by atoms with E-state index in [1.54, 1.807) is 0 Å². The maximum atomic E-state index is 12.4. The number of carbonyl (C=O) groups excluding carboxylic acids is 1. The van der Waals surface area contributed by atoms with E-state index in [-0.39, 0.29) is 12.0 Å². The van der Waals surface area contributed by atoms with Gasteiger partial charge in [0.25, 0.3) is 5.91 Å². The quantitative estimate of drug-likeness (QED) is 0.670. The summed E-state index contributed by atoms with van der Waals surface area (Å²) >= 11 is 0. The van der Waals surface area contributed by atoms with Crippen LogP contribution in [-0.2, 0) is 6.42 Å². The maximum Gasteiger partial charge on any atom is 0.251 e. The fourth-order valence-electron chi connectivity index (χ4n) is 3.72. The summed E-state index contributed by atoms with van der Waals surface area (Å²) in [5.74, 6) is 0.894. The first-order chi connectivity index (χ1) is 13.6. The summed E-state index contributed by atoms with van der Waals surface area (Å²) in [7, 11) is 1.87. The lowest BCUT2D eigenvalue weighted by Crippen LogP contribution is -2.30. The number of hydrogen-bond acceptors (Lipinski definition) is 4. The molecule has 2 N–H and O–H groups in total. The van der Waals surface area contributed by atoms with Gasteiger partial charge in [-0.05, 0) is 56.3 Å². The number of pyridine rings is 1. The fraction of sp³-hybridized carbons (Fsp3) is 0.304. The largest absolute Gasteiger partial charge is 0.489 e. The summed E-state index contributed by atoms with van der Waals surface area (Å²) < 4.78 is 6.10. The van der Waals surface area contributed by atoms with E-state index >= 15 is 0 Å². The van der Waals surface area contributed by atoms with Gasteiger partial charge in [0.1, 0.15) is 11.9 Å². The summed E-state index contributed by atoms with van der Waals surface area (Å²) in [4.78, 5) is 17.1. The molecule has 5 heteroatoms. The van der Waals surface area contributed by atoms with Crippen molar-refractivity contribution in [2.45, 2.75) is 26.4 Å².